The van der Waals surface area contributed by atoms with Crippen LogP contribution in [0.5, 0.6) is 0 Å². The van der Waals surface area contributed by atoms with Crippen LogP contribution in [0.1, 0.15) is 56.1 Å². The lowest BCUT2D eigenvalue weighted by Crippen LogP contribution is -2.29. The summed E-state index contributed by atoms with van der Waals surface area (Å²) in [5.41, 5.74) is 6.15. The lowest BCUT2D eigenvalue weighted by atomic mass is 9.90. The molecule has 1 heterocycles. The van der Waals surface area contributed by atoms with Gasteiger partial charge in [-0.1, -0.05) is 50.6 Å². The quantitative estimate of drug-likeness (QED) is 0.525. The van der Waals surface area contributed by atoms with E-state index < -0.39 is 0 Å². The van der Waals surface area contributed by atoms with Crippen LogP contribution in [-0.4, -0.2) is 15.8 Å². The molecule has 0 saturated carbocycles. The molecule has 1 aromatic heterocycles. The molecule has 2 N–H and O–H groups in total. The largest absolute Gasteiger partial charge is 0.332 e. The molecule has 1 aliphatic carbocycles. The third-order valence-corrected chi connectivity index (χ3v) is 5.91. The number of aromatic nitrogens is 2. The number of carbonyl (C=O) groups excluding carboxylic acids is 1. The highest BCUT2D eigenvalue weighted by atomic mass is 35.5. The molecule has 6 heteroatoms. The summed E-state index contributed by atoms with van der Waals surface area (Å²) in [7, 11) is 0. The van der Waals surface area contributed by atoms with Crippen molar-refractivity contribution < 1.29 is 4.79 Å². The molecular weight excluding hydrogens is 408 g/mol. The second-order valence-corrected chi connectivity index (χ2v) is 9.56. The summed E-state index contributed by atoms with van der Waals surface area (Å²) in [5, 5.41) is 11.5. The molecule has 0 atom stereocenters. The van der Waals surface area contributed by atoms with Gasteiger partial charge in [-0.15, -0.1) is 0 Å². The van der Waals surface area contributed by atoms with Crippen LogP contribution in [0.15, 0.2) is 48.5 Å². The number of amides is 2. The van der Waals surface area contributed by atoms with Gasteiger partial charge in [-0.3, -0.25) is 0 Å². The summed E-state index contributed by atoms with van der Waals surface area (Å²) in [4.78, 5) is 12.7. The Morgan fingerprint density at radius 2 is 1.87 bits per heavy atom. The topological polar surface area (TPSA) is 59.0 Å². The van der Waals surface area contributed by atoms with E-state index in [0.717, 1.165) is 35.6 Å². The number of rotatable bonds is 4. The molecule has 0 saturated heterocycles. The van der Waals surface area contributed by atoms with Crippen LogP contribution in [0.2, 0.25) is 5.02 Å². The van der Waals surface area contributed by atoms with Crippen LogP contribution in [0, 0.1) is 0 Å². The molecule has 5 nitrogen and oxygen atoms in total. The molecule has 0 spiro atoms. The van der Waals surface area contributed by atoms with Crippen molar-refractivity contribution in [3.8, 4) is 5.69 Å². The molecule has 2 amide bonds. The van der Waals surface area contributed by atoms with E-state index in [1.165, 1.54) is 24.0 Å². The number of carbonyl (C=O) groups is 1. The maximum Gasteiger partial charge on any atom is 0.319 e. The highest BCUT2D eigenvalue weighted by molar-refractivity contribution is 6.30. The van der Waals surface area contributed by atoms with Crippen molar-refractivity contribution in [3.05, 3.63) is 76.1 Å². The summed E-state index contributed by atoms with van der Waals surface area (Å²) < 4.78 is 1.86. The second-order valence-electron chi connectivity index (χ2n) is 9.12. The Balaban J connectivity index is 1.53. The highest BCUT2D eigenvalue weighted by Crippen LogP contribution is 2.28. The first-order chi connectivity index (χ1) is 14.8. The molecule has 0 radical (unpaired) electrons. The summed E-state index contributed by atoms with van der Waals surface area (Å²) in [6.07, 6.45) is 4.48. The summed E-state index contributed by atoms with van der Waals surface area (Å²) in [6, 6.07) is 15.6. The fourth-order valence-corrected chi connectivity index (χ4v) is 4.16. The number of nitrogens with zero attached hydrogens (tertiary/aromatic N) is 2. The predicted molar refractivity (Wildman–Crippen MR) is 126 cm³/mol. The monoisotopic (exact) mass is 436 g/mol. The zero-order valence-corrected chi connectivity index (χ0v) is 19.1. The minimum Gasteiger partial charge on any atom is -0.332 e. The van der Waals surface area contributed by atoms with E-state index >= 15 is 0 Å². The fraction of sp³-hybridized carbons (Fsp3) is 0.360. The molecule has 162 valence electrons. The number of nitrogens with one attached hydrogen (secondary N) is 2. The van der Waals surface area contributed by atoms with Gasteiger partial charge in [0.25, 0.3) is 0 Å². The van der Waals surface area contributed by atoms with Crippen LogP contribution in [0.3, 0.4) is 0 Å². The number of anilines is 1. The van der Waals surface area contributed by atoms with Crippen LogP contribution >= 0.6 is 11.6 Å². The first-order valence-electron chi connectivity index (χ1n) is 10.8. The van der Waals surface area contributed by atoms with Crippen molar-refractivity contribution in [1.82, 2.24) is 15.1 Å². The van der Waals surface area contributed by atoms with Crippen molar-refractivity contribution in [2.24, 2.45) is 0 Å². The summed E-state index contributed by atoms with van der Waals surface area (Å²) in [6.45, 7) is 6.73. The van der Waals surface area contributed by atoms with Gasteiger partial charge in [-0.2, -0.15) is 5.10 Å². The Bertz CT molecular complexity index is 1100. The maximum atomic E-state index is 12.7. The average Bonchev–Trinajstić information content (AvgIpc) is 3.17. The van der Waals surface area contributed by atoms with Gasteiger partial charge in [-0.25, -0.2) is 9.48 Å². The minimum absolute atomic E-state index is 0.107. The van der Waals surface area contributed by atoms with E-state index in [1.54, 1.807) is 0 Å². The Morgan fingerprint density at radius 3 is 2.65 bits per heavy atom. The Morgan fingerprint density at radius 1 is 1.10 bits per heavy atom. The fourth-order valence-electron chi connectivity index (χ4n) is 3.98. The number of hydrogen-bond acceptors (Lipinski definition) is 2. The maximum absolute atomic E-state index is 12.7. The second kappa shape index (κ2) is 8.75. The first-order valence-corrected chi connectivity index (χ1v) is 11.2. The molecule has 31 heavy (non-hydrogen) atoms. The Labute approximate surface area is 188 Å². The molecular formula is C25H29ClN4O. The molecule has 3 aromatic rings. The average molecular weight is 437 g/mol. The summed E-state index contributed by atoms with van der Waals surface area (Å²) in [5.74, 6) is 0. The van der Waals surface area contributed by atoms with Gasteiger partial charge in [0.15, 0.2) is 0 Å². The Hall–Kier alpha value is -2.79. The van der Waals surface area contributed by atoms with Crippen molar-refractivity contribution in [2.45, 2.75) is 58.4 Å². The first kappa shape index (κ1) is 21.4. The number of aryl methyl sites for hydroxylation is 1. The lowest BCUT2D eigenvalue weighted by Gasteiger charge is -2.19. The normalized spacial score (nSPS) is 13.5. The SMILES string of the molecule is CC(C)(C)c1cc(CNC(=O)Nc2cccc3c2CCCC3)n(-c2cccc(Cl)c2)n1. The van der Waals surface area contributed by atoms with Gasteiger partial charge in [0.2, 0.25) is 0 Å². The van der Waals surface area contributed by atoms with Gasteiger partial charge in [0.1, 0.15) is 0 Å². The van der Waals surface area contributed by atoms with Gasteiger partial charge < -0.3 is 10.6 Å². The van der Waals surface area contributed by atoms with E-state index in [1.807, 2.05) is 47.1 Å². The van der Waals surface area contributed by atoms with Gasteiger partial charge in [-0.05, 0) is 67.1 Å². The van der Waals surface area contributed by atoms with Crippen molar-refractivity contribution in [3.63, 3.8) is 0 Å². The van der Waals surface area contributed by atoms with E-state index in [0.29, 0.717) is 11.6 Å². The van der Waals surface area contributed by atoms with Crippen molar-refractivity contribution in [1.29, 1.82) is 0 Å². The Kier molecular flexibility index (Phi) is 6.05. The minimum atomic E-state index is -0.213. The number of fused-ring (bicyclic) bond motifs is 1. The van der Waals surface area contributed by atoms with Crippen LogP contribution in [-0.2, 0) is 24.8 Å². The van der Waals surface area contributed by atoms with Gasteiger partial charge in [0, 0.05) is 16.1 Å². The van der Waals surface area contributed by atoms with Gasteiger partial charge >= 0.3 is 6.03 Å². The van der Waals surface area contributed by atoms with Crippen molar-refractivity contribution in [2.75, 3.05) is 5.32 Å². The van der Waals surface area contributed by atoms with Crippen LogP contribution in [0.4, 0.5) is 10.5 Å². The molecule has 1 aliphatic rings. The molecule has 0 bridgehead atoms. The zero-order valence-electron chi connectivity index (χ0n) is 18.3. The molecule has 0 aliphatic heterocycles. The summed E-state index contributed by atoms with van der Waals surface area (Å²) >= 11 is 6.20. The number of benzene rings is 2. The molecule has 2 aromatic carbocycles. The number of hydrogen-bond donors (Lipinski definition) is 2. The van der Waals surface area contributed by atoms with Crippen LogP contribution < -0.4 is 10.6 Å². The van der Waals surface area contributed by atoms with E-state index in [-0.39, 0.29) is 11.4 Å². The number of urea groups is 1. The lowest BCUT2D eigenvalue weighted by molar-refractivity contribution is 0.251. The molecule has 4 rings (SSSR count). The van der Waals surface area contributed by atoms with Crippen molar-refractivity contribution >= 4 is 23.3 Å². The van der Waals surface area contributed by atoms with Crippen LogP contribution in [0.25, 0.3) is 5.69 Å². The van der Waals surface area contributed by atoms with E-state index in [9.17, 15) is 4.79 Å². The van der Waals surface area contributed by atoms with E-state index in [2.05, 4.69) is 37.5 Å². The standard InChI is InChI=1S/C25H29ClN4O/c1-25(2,3)23-15-20(30(29-23)19-11-7-10-18(26)14-19)16-27-24(31)28-22-13-6-9-17-8-4-5-12-21(17)22/h6-7,9-11,13-15H,4-5,8,12,16H2,1-3H3,(H2,27,28,31). The highest BCUT2D eigenvalue weighted by Gasteiger charge is 2.21. The zero-order chi connectivity index (χ0) is 22.0. The number of halogens is 1. The molecule has 0 unspecified atom stereocenters. The molecule has 0 fully saturated rings. The third-order valence-electron chi connectivity index (χ3n) is 5.68. The predicted octanol–water partition coefficient (Wildman–Crippen LogP) is 6.02. The van der Waals surface area contributed by atoms with Gasteiger partial charge in [0.05, 0.1) is 23.6 Å². The third kappa shape index (κ3) is 4.93. The smallest absolute Gasteiger partial charge is 0.319 e. The van der Waals surface area contributed by atoms with E-state index in [4.69, 9.17) is 16.7 Å².